The first-order chi connectivity index (χ1) is 7.61. The molecule has 0 amide bonds. The van der Waals surface area contributed by atoms with Crippen molar-refractivity contribution in [1.82, 2.24) is 0 Å². The number of hydrogen-bond donors (Lipinski definition) is 1. The van der Waals surface area contributed by atoms with Crippen molar-refractivity contribution in [2.45, 2.75) is 6.04 Å². The number of halogens is 3. The number of thiophene rings is 1. The van der Waals surface area contributed by atoms with Gasteiger partial charge in [0.1, 0.15) is 5.82 Å². The SMILES string of the molecule is NC(c1cccc(F)c1Cl)c1sccc1Cl. The Morgan fingerprint density at radius 1 is 1.25 bits per heavy atom. The molecule has 0 saturated carbocycles. The molecule has 0 fully saturated rings. The van der Waals surface area contributed by atoms with Gasteiger partial charge in [-0.3, -0.25) is 0 Å². The smallest absolute Gasteiger partial charge is 0.142 e. The molecule has 1 nitrogen and oxygen atoms in total. The molecular weight excluding hydrogens is 268 g/mol. The van der Waals surface area contributed by atoms with Crippen LogP contribution in [0.4, 0.5) is 4.39 Å². The average molecular weight is 276 g/mol. The van der Waals surface area contributed by atoms with Crippen LogP contribution in [-0.4, -0.2) is 0 Å². The van der Waals surface area contributed by atoms with E-state index in [9.17, 15) is 4.39 Å². The topological polar surface area (TPSA) is 26.0 Å². The molecule has 1 aromatic heterocycles. The van der Waals surface area contributed by atoms with Gasteiger partial charge in [-0.1, -0.05) is 35.3 Å². The van der Waals surface area contributed by atoms with E-state index in [1.165, 1.54) is 17.4 Å². The highest BCUT2D eigenvalue weighted by Gasteiger charge is 2.18. The minimum absolute atomic E-state index is 0.0551. The largest absolute Gasteiger partial charge is 0.320 e. The number of hydrogen-bond acceptors (Lipinski definition) is 2. The van der Waals surface area contributed by atoms with Gasteiger partial charge in [-0.2, -0.15) is 0 Å². The van der Waals surface area contributed by atoms with Gasteiger partial charge in [0.25, 0.3) is 0 Å². The van der Waals surface area contributed by atoms with Crippen molar-refractivity contribution in [3.05, 3.63) is 55.9 Å². The summed E-state index contributed by atoms with van der Waals surface area (Å²) in [5.41, 5.74) is 6.55. The van der Waals surface area contributed by atoms with E-state index in [-0.39, 0.29) is 5.02 Å². The maximum Gasteiger partial charge on any atom is 0.142 e. The predicted molar refractivity (Wildman–Crippen MR) is 66.8 cm³/mol. The number of nitrogens with two attached hydrogens (primary N) is 1. The van der Waals surface area contributed by atoms with E-state index in [0.29, 0.717) is 10.6 Å². The Kier molecular flexibility index (Phi) is 3.50. The Hall–Kier alpha value is -0.610. The minimum atomic E-state index is -0.490. The van der Waals surface area contributed by atoms with Crippen LogP contribution in [0.1, 0.15) is 16.5 Å². The predicted octanol–water partition coefficient (Wildman–Crippen LogP) is 4.24. The van der Waals surface area contributed by atoms with Crippen LogP contribution in [0.2, 0.25) is 10.0 Å². The summed E-state index contributed by atoms with van der Waals surface area (Å²) in [6.45, 7) is 0. The van der Waals surface area contributed by atoms with Crippen molar-refractivity contribution >= 4 is 34.5 Å². The molecule has 1 atom stereocenters. The molecule has 1 heterocycles. The minimum Gasteiger partial charge on any atom is -0.320 e. The third kappa shape index (κ3) is 2.09. The summed E-state index contributed by atoms with van der Waals surface area (Å²) in [4.78, 5) is 0.786. The summed E-state index contributed by atoms with van der Waals surface area (Å²) in [7, 11) is 0. The zero-order valence-electron chi connectivity index (χ0n) is 8.08. The van der Waals surface area contributed by atoms with Gasteiger partial charge in [-0.05, 0) is 23.1 Å². The first kappa shape index (κ1) is 11.9. The van der Waals surface area contributed by atoms with Gasteiger partial charge < -0.3 is 5.73 Å². The van der Waals surface area contributed by atoms with Crippen molar-refractivity contribution < 1.29 is 4.39 Å². The van der Waals surface area contributed by atoms with E-state index in [1.807, 2.05) is 5.38 Å². The summed E-state index contributed by atoms with van der Waals surface area (Å²) in [5.74, 6) is -0.470. The zero-order chi connectivity index (χ0) is 11.7. The molecule has 0 saturated heterocycles. The summed E-state index contributed by atoms with van der Waals surface area (Å²) in [6, 6.07) is 5.85. The number of rotatable bonds is 2. The standard InChI is InChI=1S/C11H8Cl2FNS/c12-7-4-5-16-11(7)10(15)6-2-1-3-8(14)9(6)13/h1-5,10H,15H2. The molecule has 5 heteroatoms. The van der Waals surface area contributed by atoms with E-state index in [4.69, 9.17) is 28.9 Å². The summed E-state index contributed by atoms with van der Waals surface area (Å²) >= 11 is 13.3. The molecule has 2 N–H and O–H groups in total. The Bertz CT molecular complexity index is 512. The molecule has 0 bridgehead atoms. The Morgan fingerprint density at radius 2 is 2.00 bits per heavy atom. The molecule has 1 unspecified atom stereocenters. The van der Waals surface area contributed by atoms with Crippen molar-refractivity contribution in [1.29, 1.82) is 0 Å². The molecular formula is C11H8Cl2FNS. The normalized spacial score (nSPS) is 12.8. The molecule has 1 aromatic carbocycles. The maximum absolute atomic E-state index is 13.3. The first-order valence-electron chi connectivity index (χ1n) is 4.53. The molecule has 84 valence electrons. The summed E-state index contributed by atoms with van der Waals surface area (Å²) < 4.78 is 13.3. The third-order valence-corrected chi connectivity index (χ3v) is 4.08. The maximum atomic E-state index is 13.3. The van der Waals surface area contributed by atoms with Crippen LogP contribution >= 0.6 is 34.5 Å². The lowest BCUT2D eigenvalue weighted by atomic mass is 10.1. The second-order valence-electron chi connectivity index (χ2n) is 3.25. The quantitative estimate of drug-likeness (QED) is 0.872. The molecule has 0 radical (unpaired) electrons. The highest BCUT2D eigenvalue weighted by Crippen LogP contribution is 2.34. The van der Waals surface area contributed by atoms with Gasteiger partial charge in [-0.15, -0.1) is 11.3 Å². The molecule has 0 aliphatic heterocycles. The van der Waals surface area contributed by atoms with Crippen LogP contribution in [-0.2, 0) is 0 Å². The lowest BCUT2D eigenvalue weighted by molar-refractivity contribution is 0.624. The average Bonchev–Trinajstić information content (AvgIpc) is 2.68. The van der Waals surface area contributed by atoms with E-state index < -0.39 is 11.9 Å². The van der Waals surface area contributed by atoms with E-state index >= 15 is 0 Å². The van der Waals surface area contributed by atoms with Gasteiger partial charge >= 0.3 is 0 Å². The first-order valence-corrected chi connectivity index (χ1v) is 6.17. The zero-order valence-corrected chi connectivity index (χ0v) is 10.4. The highest BCUT2D eigenvalue weighted by atomic mass is 35.5. The third-order valence-electron chi connectivity index (χ3n) is 2.24. The fraction of sp³-hybridized carbons (Fsp3) is 0.0909. The Balaban J connectivity index is 2.46. The molecule has 2 rings (SSSR count). The molecule has 16 heavy (non-hydrogen) atoms. The van der Waals surface area contributed by atoms with Gasteiger partial charge in [-0.25, -0.2) is 4.39 Å². The molecule has 0 aliphatic rings. The fourth-order valence-corrected chi connectivity index (χ4v) is 2.87. The monoisotopic (exact) mass is 275 g/mol. The molecule has 0 spiro atoms. The lowest BCUT2D eigenvalue weighted by Crippen LogP contribution is -2.11. The summed E-state index contributed by atoms with van der Waals surface area (Å²) in [6.07, 6.45) is 0. The van der Waals surface area contributed by atoms with Crippen molar-refractivity contribution in [2.75, 3.05) is 0 Å². The molecule has 2 aromatic rings. The van der Waals surface area contributed by atoms with E-state index in [0.717, 1.165) is 4.88 Å². The Morgan fingerprint density at radius 3 is 2.62 bits per heavy atom. The fourth-order valence-electron chi connectivity index (χ4n) is 1.43. The summed E-state index contributed by atoms with van der Waals surface area (Å²) in [5, 5.41) is 2.47. The van der Waals surface area contributed by atoms with Crippen LogP contribution in [0, 0.1) is 5.82 Å². The Labute approximate surface area is 107 Å². The van der Waals surface area contributed by atoms with Crippen LogP contribution in [0.3, 0.4) is 0 Å². The van der Waals surface area contributed by atoms with Crippen molar-refractivity contribution in [3.8, 4) is 0 Å². The lowest BCUT2D eigenvalue weighted by Gasteiger charge is -2.12. The van der Waals surface area contributed by atoms with E-state index in [2.05, 4.69) is 0 Å². The highest BCUT2D eigenvalue weighted by molar-refractivity contribution is 7.10. The van der Waals surface area contributed by atoms with E-state index in [1.54, 1.807) is 18.2 Å². The van der Waals surface area contributed by atoms with Crippen LogP contribution in [0.5, 0.6) is 0 Å². The van der Waals surface area contributed by atoms with Crippen LogP contribution in [0.25, 0.3) is 0 Å². The van der Waals surface area contributed by atoms with Crippen LogP contribution < -0.4 is 5.73 Å². The second-order valence-corrected chi connectivity index (χ2v) is 4.99. The van der Waals surface area contributed by atoms with Gasteiger partial charge in [0.05, 0.1) is 16.1 Å². The van der Waals surface area contributed by atoms with Crippen LogP contribution in [0.15, 0.2) is 29.6 Å². The van der Waals surface area contributed by atoms with Crippen molar-refractivity contribution in [2.24, 2.45) is 5.73 Å². The van der Waals surface area contributed by atoms with Gasteiger partial charge in [0.15, 0.2) is 0 Å². The van der Waals surface area contributed by atoms with Crippen molar-refractivity contribution in [3.63, 3.8) is 0 Å². The number of benzene rings is 1. The van der Waals surface area contributed by atoms with Gasteiger partial charge in [0.2, 0.25) is 0 Å². The van der Waals surface area contributed by atoms with Gasteiger partial charge in [0, 0.05) is 4.88 Å². The second kappa shape index (κ2) is 4.72. The molecule has 0 aliphatic carbocycles.